The molecule has 0 bridgehead atoms. The van der Waals surface area contributed by atoms with Crippen molar-refractivity contribution < 1.29 is 4.79 Å². The molecule has 1 aromatic rings. The molecule has 0 aromatic carbocycles. The van der Waals surface area contributed by atoms with Crippen LogP contribution >= 0.6 is 0 Å². The molecule has 0 saturated heterocycles. The highest BCUT2D eigenvalue weighted by Gasteiger charge is 2.15. The van der Waals surface area contributed by atoms with Gasteiger partial charge in [-0.3, -0.25) is 4.79 Å². The van der Waals surface area contributed by atoms with Crippen LogP contribution in [0, 0.1) is 6.92 Å². The summed E-state index contributed by atoms with van der Waals surface area (Å²) in [6.45, 7) is 8.75. The van der Waals surface area contributed by atoms with Gasteiger partial charge in [0.1, 0.15) is 23.5 Å². The van der Waals surface area contributed by atoms with E-state index in [0.29, 0.717) is 5.82 Å². The molecule has 0 spiro atoms. The minimum absolute atomic E-state index is 0.0656. The Hall–Kier alpha value is -1.85. The molecule has 1 aromatic heterocycles. The number of rotatable bonds is 7. The maximum absolute atomic E-state index is 11.6. The van der Waals surface area contributed by atoms with E-state index in [4.69, 9.17) is 0 Å². The molecule has 112 valence electrons. The van der Waals surface area contributed by atoms with Crippen molar-refractivity contribution in [1.82, 2.24) is 15.3 Å². The number of carbonyl (C=O) groups is 1. The maximum atomic E-state index is 11.6. The third kappa shape index (κ3) is 4.08. The molecule has 6 heteroatoms. The van der Waals surface area contributed by atoms with E-state index in [-0.39, 0.29) is 11.9 Å². The number of hydrogen-bond donors (Lipinski definition) is 3. The fourth-order valence-corrected chi connectivity index (χ4v) is 1.76. The lowest BCUT2D eigenvalue weighted by Gasteiger charge is -2.18. The Morgan fingerprint density at radius 1 is 1.25 bits per heavy atom. The third-order valence-corrected chi connectivity index (χ3v) is 3.04. The summed E-state index contributed by atoms with van der Waals surface area (Å²) >= 11 is 0. The normalized spacial score (nSPS) is 11.8. The number of amides is 1. The van der Waals surface area contributed by atoms with Gasteiger partial charge in [0.25, 0.3) is 0 Å². The molecule has 1 heterocycles. The van der Waals surface area contributed by atoms with Gasteiger partial charge in [-0.1, -0.05) is 13.8 Å². The fraction of sp³-hybridized carbons (Fsp3) is 0.643. The van der Waals surface area contributed by atoms with Crippen LogP contribution in [0.15, 0.2) is 0 Å². The van der Waals surface area contributed by atoms with Crippen LogP contribution in [-0.4, -0.2) is 35.5 Å². The van der Waals surface area contributed by atoms with Crippen LogP contribution in [0.4, 0.5) is 11.6 Å². The molecule has 0 radical (unpaired) electrons. The van der Waals surface area contributed by atoms with Crippen LogP contribution in [0.25, 0.3) is 0 Å². The van der Waals surface area contributed by atoms with Crippen LogP contribution < -0.4 is 16.0 Å². The molecule has 0 fully saturated rings. The first-order chi connectivity index (χ1) is 9.53. The SMILES string of the molecule is CCCNc1nc(CC)nc(NC(C)C(=O)NC)c1C. The summed E-state index contributed by atoms with van der Waals surface area (Å²) in [7, 11) is 1.62. The Morgan fingerprint density at radius 2 is 1.90 bits per heavy atom. The molecule has 0 aliphatic rings. The lowest BCUT2D eigenvalue weighted by atomic mass is 10.2. The summed E-state index contributed by atoms with van der Waals surface area (Å²) < 4.78 is 0. The molecule has 1 rings (SSSR count). The van der Waals surface area contributed by atoms with Gasteiger partial charge >= 0.3 is 0 Å². The highest BCUT2D eigenvalue weighted by atomic mass is 16.2. The lowest BCUT2D eigenvalue weighted by molar-refractivity contribution is -0.121. The molecule has 1 atom stereocenters. The third-order valence-electron chi connectivity index (χ3n) is 3.04. The predicted octanol–water partition coefficient (Wildman–Crippen LogP) is 1.72. The number of anilines is 2. The second-order valence-electron chi connectivity index (χ2n) is 4.72. The number of aromatic nitrogens is 2. The zero-order valence-corrected chi connectivity index (χ0v) is 13.0. The van der Waals surface area contributed by atoms with Gasteiger partial charge < -0.3 is 16.0 Å². The standard InChI is InChI=1S/C14H25N5O/c1-6-8-16-12-9(3)13(19-11(7-2)18-12)17-10(4)14(20)15-5/h10H,6-8H2,1-5H3,(H,15,20)(H2,16,17,18,19). The van der Waals surface area contributed by atoms with E-state index in [1.807, 2.05) is 20.8 Å². The predicted molar refractivity (Wildman–Crippen MR) is 82.1 cm³/mol. The number of aryl methyl sites for hydroxylation is 1. The second kappa shape index (κ2) is 7.67. The summed E-state index contributed by atoms with van der Waals surface area (Å²) in [5.41, 5.74) is 0.936. The molecule has 0 saturated carbocycles. The van der Waals surface area contributed by atoms with Gasteiger partial charge in [0.2, 0.25) is 5.91 Å². The number of likely N-dealkylation sites (N-methyl/N-ethyl adjacent to an activating group) is 1. The van der Waals surface area contributed by atoms with Gasteiger partial charge in [-0.05, 0) is 20.3 Å². The van der Waals surface area contributed by atoms with Crippen molar-refractivity contribution in [3.8, 4) is 0 Å². The maximum Gasteiger partial charge on any atom is 0.241 e. The first kappa shape index (κ1) is 16.2. The zero-order valence-electron chi connectivity index (χ0n) is 13.0. The topological polar surface area (TPSA) is 78.9 Å². The quantitative estimate of drug-likeness (QED) is 0.708. The van der Waals surface area contributed by atoms with Gasteiger partial charge in [0.05, 0.1) is 0 Å². The van der Waals surface area contributed by atoms with E-state index in [1.165, 1.54) is 0 Å². The Bertz CT molecular complexity index is 461. The Labute approximate surface area is 120 Å². The van der Waals surface area contributed by atoms with Gasteiger partial charge in [0.15, 0.2) is 0 Å². The Kier molecular flexibility index (Phi) is 6.21. The summed E-state index contributed by atoms with van der Waals surface area (Å²) in [5.74, 6) is 2.25. The van der Waals surface area contributed by atoms with Crippen LogP contribution in [0.3, 0.4) is 0 Å². The zero-order chi connectivity index (χ0) is 15.1. The molecule has 6 nitrogen and oxygen atoms in total. The molecule has 0 aliphatic heterocycles. The molecular formula is C14H25N5O. The molecule has 3 N–H and O–H groups in total. The van der Waals surface area contributed by atoms with Crippen molar-refractivity contribution in [1.29, 1.82) is 0 Å². The molecule has 1 unspecified atom stereocenters. The Morgan fingerprint density at radius 3 is 2.45 bits per heavy atom. The lowest BCUT2D eigenvalue weighted by Crippen LogP contribution is -2.35. The summed E-state index contributed by atoms with van der Waals surface area (Å²) in [6.07, 6.45) is 1.78. The number of nitrogens with one attached hydrogen (secondary N) is 3. The average Bonchev–Trinajstić information content (AvgIpc) is 2.46. The van der Waals surface area contributed by atoms with Crippen molar-refractivity contribution in [2.75, 3.05) is 24.2 Å². The van der Waals surface area contributed by atoms with E-state index in [2.05, 4.69) is 32.8 Å². The van der Waals surface area contributed by atoms with Crippen LogP contribution in [0.2, 0.25) is 0 Å². The van der Waals surface area contributed by atoms with Gasteiger partial charge in [0, 0.05) is 25.6 Å². The van der Waals surface area contributed by atoms with Crippen LogP contribution in [-0.2, 0) is 11.2 Å². The van der Waals surface area contributed by atoms with Gasteiger partial charge in [-0.25, -0.2) is 9.97 Å². The minimum atomic E-state index is -0.336. The Balaban J connectivity index is 3.01. The first-order valence-corrected chi connectivity index (χ1v) is 7.12. The van der Waals surface area contributed by atoms with Crippen molar-refractivity contribution in [2.45, 2.75) is 46.6 Å². The average molecular weight is 279 g/mol. The van der Waals surface area contributed by atoms with Gasteiger partial charge in [-0.2, -0.15) is 0 Å². The molecular weight excluding hydrogens is 254 g/mol. The highest BCUT2D eigenvalue weighted by Crippen LogP contribution is 2.21. The fourth-order valence-electron chi connectivity index (χ4n) is 1.76. The molecule has 1 amide bonds. The van der Waals surface area contributed by atoms with E-state index in [9.17, 15) is 4.79 Å². The monoisotopic (exact) mass is 279 g/mol. The van der Waals surface area contributed by atoms with Gasteiger partial charge in [-0.15, -0.1) is 0 Å². The summed E-state index contributed by atoms with van der Waals surface area (Å²) in [5, 5.41) is 9.07. The first-order valence-electron chi connectivity index (χ1n) is 7.12. The second-order valence-corrected chi connectivity index (χ2v) is 4.72. The molecule has 0 aliphatic carbocycles. The van der Waals surface area contributed by atoms with E-state index >= 15 is 0 Å². The van der Waals surface area contributed by atoms with Crippen molar-refractivity contribution in [3.05, 3.63) is 11.4 Å². The van der Waals surface area contributed by atoms with Crippen LogP contribution in [0.5, 0.6) is 0 Å². The summed E-state index contributed by atoms with van der Waals surface area (Å²) in [6, 6.07) is -0.336. The number of carbonyl (C=O) groups excluding carboxylic acids is 1. The van der Waals surface area contributed by atoms with Crippen molar-refractivity contribution >= 4 is 17.5 Å². The number of hydrogen-bond acceptors (Lipinski definition) is 5. The van der Waals surface area contributed by atoms with Crippen molar-refractivity contribution in [2.24, 2.45) is 0 Å². The van der Waals surface area contributed by atoms with Crippen LogP contribution in [0.1, 0.15) is 38.6 Å². The number of nitrogens with zero attached hydrogens (tertiary/aromatic N) is 2. The summed E-state index contributed by atoms with van der Waals surface area (Å²) in [4.78, 5) is 20.6. The highest BCUT2D eigenvalue weighted by molar-refractivity contribution is 5.84. The van der Waals surface area contributed by atoms with Crippen molar-refractivity contribution in [3.63, 3.8) is 0 Å². The van der Waals surface area contributed by atoms with E-state index < -0.39 is 0 Å². The van der Waals surface area contributed by atoms with E-state index in [1.54, 1.807) is 7.05 Å². The smallest absolute Gasteiger partial charge is 0.241 e. The molecule has 20 heavy (non-hydrogen) atoms. The largest absolute Gasteiger partial charge is 0.370 e. The van der Waals surface area contributed by atoms with E-state index in [0.717, 1.165) is 36.6 Å². The minimum Gasteiger partial charge on any atom is -0.370 e.